The van der Waals surface area contributed by atoms with Crippen molar-refractivity contribution >= 4 is 39.8 Å². The highest BCUT2D eigenvalue weighted by atomic mass is 32.1. The summed E-state index contributed by atoms with van der Waals surface area (Å²) in [6, 6.07) is 17.2. The Hall–Kier alpha value is -3.78. The summed E-state index contributed by atoms with van der Waals surface area (Å²) < 4.78 is 0. The second-order valence-electron chi connectivity index (χ2n) is 7.05. The first kappa shape index (κ1) is 20.5. The van der Waals surface area contributed by atoms with Gasteiger partial charge in [0, 0.05) is 25.1 Å². The Morgan fingerprint density at radius 1 is 1.10 bits per heavy atom. The van der Waals surface area contributed by atoms with Gasteiger partial charge in [0.15, 0.2) is 5.13 Å². The lowest BCUT2D eigenvalue weighted by molar-refractivity contribution is -0.136. The molecule has 0 aliphatic carbocycles. The van der Waals surface area contributed by atoms with Crippen LogP contribution in [0.25, 0.3) is 10.6 Å². The van der Waals surface area contributed by atoms with Crippen LogP contribution in [0.15, 0.2) is 67.0 Å². The highest BCUT2D eigenvalue weighted by Crippen LogP contribution is 2.33. The van der Waals surface area contributed by atoms with E-state index in [-0.39, 0.29) is 6.42 Å². The lowest BCUT2D eigenvalue weighted by Gasteiger charge is -2.16. The van der Waals surface area contributed by atoms with E-state index in [1.807, 2.05) is 79.7 Å². The number of nitrogens with one attached hydrogen (secondary N) is 1. The Kier molecular flexibility index (Phi) is 5.90. The molecule has 4 rings (SSSR count). The van der Waals surface area contributed by atoms with Crippen LogP contribution in [0.5, 0.6) is 0 Å². The van der Waals surface area contributed by atoms with Crippen LogP contribution in [-0.2, 0) is 11.2 Å². The summed E-state index contributed by atoms with van der Waals surface area (Å²) in [5, 5.41) is 13.0. The first-order valence-electron chi connectivity index (χ1n) is 9.65. The molecule has 0 saturated carbocycles. The van der Waals surface area contributed by atoms with Crippen molar-refractivity contribution in [2.75, 3.05) is 17.3 Å². The average molecular weight is 432 g/mol. The van der Waals surface area contributed by atoms with Crippen molar-refractivity contribution in [2.24, 2.45) is 0 Å². The van der Waals surface area contributed by atoms with Crippen LogP contribution >= 0.6 is 11.3 Å². The number of aromatic nitrogens is 3. The molecule has 1 aromatic carbocycles. The average Bonchev–Trinajstić information content (AvgIpc) is 3.24. The van der Waals surface area contributed by atoms with Gasteiger partial charge in [-0.25, -0.2) is 15.0 Å². The first-order valence-corrected chi connectivity index (χ1v) is 10.5. The van der Waals surface area contributed by atoms with E-state index >= 15 is 0 Å². The van der Waals surface area contributed by atoms with Crippen molar-refractivity contribution in [3.8, 4) is 10.6 Å². The number of aliphatic carboxylic acids is 1. The van der Waals surface area contributed by atoms with E-state index in [0.717, 1.165) is 38.3 Å². The number of hydrogen-bond acceptors (Lipinski definition) is 7. The predicted octanol–water partition coefficient (Wildman–Crippen LogP) is 5.05. The Labute approximate surface area is 184 Å². The summed E-state index contributed by atoms with van der Waals surface area (Å²) in [6.07, 6.45) is 3.59. The molecular weight excluding hydrogens is 410 g/mol. The standard InChI is InChI=1S/C23H21N5O2S/c1-15-10-11-24-21(12-15)27-20-5-3-4-18(26-20)19-14-25-23(31-19)28(2)17-8-6-16(7-9-17)13-22(29)30/h3-12,14H,13H2,1-2H3,(H,29,30)(H,24,26,27). The molecule has 3 aromatic heterocycles. The van der Waals surface area contributed by atoms with Crippen molar-refractivity contribution in [2.45, 2.75) is 13.3 Å². The predicted molar refractivity (Wildman–Crippen MR) is 123 cm³/mol. The van der Waals surface area contributed by atoms with Gasteiger partial charge in [-0.15, -0.1) is 0 Å². The number of nitrogens with zero attached hydrogens (tertiary/aromatic N) is 4. The third kappa shape index (κ3) is 5.04. The number of aryl methyl sites for hydroxylation is 1. The lowest BCUT2D eigenvalue weighted by Crippen LogP contribution is -2.09. The molecule has 7 nitrogen and oxygen atoms in total. The maximum absolute atomic E-state index is 10.9. The number of thiazole rings is 1. The quantitative estimate of drug-likeness (QED) is 0.423. The highest BCUT2D eigenvalue weighted by molar-refractivity contribution is 7.18. The van der Waals surface area contributed by atoms with Crippen molar-refractivity contribution in [1.82, 2.24) is 15.0 Å². The molecule has 3 heterocycles. The van der Waals surface area contributed by atoms with Gasteiger partial charge in [-0.3, -0.25) is 4.79 Å². The molecule has 0 aliphatic heterocycles. The molecule has 8 heteroatoms. The molecule has 0 unspecified atom stereocenters. The van der Waals surface area contributed by atoms with Crippen LogP contribution in [0.2, 0.25) is 0 Å². The third-order valence-electron chi connectivity index (χ3n) is 4.63. The third-order valence-corrected chi connectivity index (χ3v) is 5.73. The van der Waals surface area contributed by atoms with Crippen LogP contribution in [0.1, 0.15) is 11.1 Å². The van der Waals surface area contributed by atoms with Gasteiger partial charge in [-0.1, -0.05) is 29.5 Å². The summed E-state index contributed by atoms with van der Waals surface area (Å²) in [5.74, 6) is 0.627. The van der Waals surface area contributed by atoms with Gasteiger partial charge in [0.05, 0.1) is 17.0 Å². The first-order chi connectivity index (χ1) is 15.0. The summed E-state index contributed by atoms with van der Waals surface area (Å²) in [5.41, 5.74) is 3.65. The van der Waals surface area contributed by atoms with E-state index in [9.17, 15) is 4.79 Å². The number of carboxylic acid groups (broad SMARTS) is 1. The minimum absolute atomic E-state index is 0.0134. The molecule has 31 heavy (non-hydrogen) atoms. The Bertz CT molecular complexity index is 1210. The Morgan fingerprint density at radius 2 is 1.90 bits per heavy atom. The van der Waals surface area contributed by atoms with Crippen molar-refractivity contribution in [3.05, 3.63) is 78.1 Å². The second kappa shape index (κ2) is 8.93. The number of rotatable bonds is 7. The number of carbonyl (C=O) groups is 1. The molecule has 0 bridgehead atoms. The number of pyridine rings is 2. The van der Waals surface area contributed by atoms with Gasteiger partial charge in [0.25, 0.3) is 0 Å². The van der Waals surface area contributed by atoms with Crippen molar-refractivity contribution < 1.29 is 9.90 Å². The normalized spacial score (nSPS) is 10.6. The van der Waals surface area contributed by atoms with Crippen LogP contribution in [-0.4, -0.2) is 33.1 Å². The van der Waals surface area contributed by atoms with Gasteiger partial charge in [-0.2, -0.15) is 0 Å². The van der Waals surface area contributed by atoms with Crippen molar-refractivity contribution in [3.63, 3.8) is 0 Å². The van der Waals surface area contributed by atoms with Crippen molar-refractivity contribution in [1.29, 1.82) is 0 Å². The molecule has 0 radical (unpaired) electrons. The molecule has 0 fully saturated rings. The topological polar surface area (TPSA) is 91.2 Å². The molecular formula is C23H21N5O2S. The second-order valence-corrected chi connectivity index (χ2v) is 8.06. The van der Waals surface area contributed by atoms with Gasteiger partial charge in [0.2, 0.25) is 0 Å². The zero-order chi connectivity index (χ0) is 21.8. The maximum Gasteiger partial charge on any atom is 0.307 e. The zero-order valence-corrected chi connectivity index (χ0v) is 17.9. The summed E-state index contributed by atoms with van der Waals surface area (Å²) in [6.45, 7) is 2.02. The number of benzene rings is 1. The molecule has 0 spiro atoms. The number of anilines is 4. The van der Waals surface area contributed by atoms with Crippen LogP contribution in [0, 0.1) is 6.92 Å². The monoisotopic (exact) mass is 431 g/mol. The van der Waals surface area contributed by atoms with E-state index < -0.39 is 5.97 Å². The maximum atomic E-state index is 10.9. The molecule has 2 N–H and O–H groups in total. The van der Waals surface area contributed by atoms with Crippen LogP contribution in [0.4, 0.5) is 22.5 Å². The highest BCUT2D eigenvalue weighted by Gasteiger charge is 2.12. The summed E-state index contributed by atoms with van der Waals surface area (Å²) >= 11 is 1.54. The molecule has 0 saturated heterocycles. The SMILES string of the molecule is Cc1ccnc(Nc2cccc(-c3cnc(N(C)c4ccc(CC(=O)O)cc4)s3)n2)c1. The minimum atomic E-state index is -0.840. The fraction of sp³-hybridized carbons (Fsp3) is 0.130. The Balaban J connectivity index is 1.51. The molecule has 0 aliphatic rings. The van der Waals surface area contributed by atoms with E-state index in [4.69, 9.17) is 10.1 Å². The van der Waals surface area contributed by atoms with Crippen LogP contribution in [0.3, 0.4) is 0 Å². The molecule has 4 aromatic rings. The van der Waals surface area contributed by atoms with Gasteiger partial charge in [0.1, 0.15) is 11.6 Å². The fourth-order valence-corrected chi connectivity index (χ4v) is 3.91. The summed E-state index contributed by atoms with van der Waals surface area (Å²) in [7, 11) is 1.93. The van der Waals surface area contributed by atoms with E-state index in [2.05, 4.69) is 15.3 Å². The molecule has 156 valence electrons. The van der Waals surface area contributed by atoms with E-state index in [0.29, 0.717) is 5.82 Å². The zero-order valence-electron chi connectivity index (χ0n) is 17.1. The fourth-order valence-electron chi connectivity index (χ4n) is 3.04. The molecule has 0 amide bonds. The van der Waals surface area contributed by atoms with Crippen LogP contribution < -0.4 is 10.2 Å². The smallest absolute Gasteiger partial charge is 0.307 e. The Morgan fingerprint density at radius 3 is 2.65 bits per heavy atom. The minimum Gasteiger partial charge on any atom is -0.481 e. The largest absolute Gasteiger partial charge is 0.481 e. The number of carboxylic acids is 1. The van der Waals surface area contributed by atoms with E-state index in [1.54, 1.807) is 6.20 Å². The van der Waals surface area contributed by atoms with Gasteiger partial charge >= 0.3 is 5.97 Å². The van der Waals surface area contributed by atoms with Gasteiger partial charge < -0.3 is 15.3 Å². The summed E-state index contributed by atoms with van der Waals surface area (Å²) in [4.78, 5) is 27.3. The molecule has 0 atom stereocenters. The number of hydrogen-bond donors (Lipinski definition) is 2. The van der Waals surface area contributed by atoms with Gasteiger partial charge in [-0.05, 0) is 54.4 Å². The van der Waals surface area contributed by atoms with E-state index in [1.165, 1.54) is 11.3 Å². The lowest BCUT2D eigenvalue weighted by atomic mass is 10.1.